The van der Waals surface area contributed by atoms with Crippen LogP contribution in [0.5, 0.6) is 0 Å². The number of pyridine rings is 1. The molecule has 2 amide bonds. The van der Waals surface area contributed by atoms with Gasteiger partial charge in [0.15, 0.2) is 0 Å². The summed E-state index contributed by atoms with van der Waals surface area (Å²) in [6.07, 6.45) is 2.45. The smallest absolute Gasteiger partial charge is 0.264 e. The second kappa shape index (κ2) is 8.22. The summed E-state index contributed by atoms with van der Waals surface area (Å²) in [7, 11) is 1.64. The fourth-order valence-corrected chi connectivity index (χ4v) is 3.64. The maximum Gasteiger partial charge on any atom is 0.264 e. The minimum absolute atomic E-state index is 0.0401. The van der Waals surface area contributed by atoms with Gasteiger partial charge in [0.25, 0.3) is 5.91 Å². The first-order valence-corrected chi connectivity index (χ1v) is 9.12. The number of thiophene rings is 1. The number of nitrogens with zero attached hydrogens (tertiary/aromatic N) is 2. The van der Waals surface area contributed by atoms with E-state index in [1.165, 1.54) is 11.3 Å². The van der Waals surface area contributed by atoms with Crippen molar-refractivity contribution in [3.63, 3.8) is 0 Å². The molecule has 1 atom stereocenters. The molecular formula is C18H21N3O3S. The molecule has 6 nitrogen and oxygen atoms in total. The molecule has 1 unspecified atom stereocenters. The first-order chi connectivity index (χ1) is 12.2. The third kappa shape index (κ3) is 4.05. The lowest BCUT2D eigenvalue weighted by Crippen LogP contribution is -2.44. The number of hydrogen-bond acceptors (Lipinski definition) is 5. The second-order valence-electron chi connectivity index (χ2n) is 5.90. The summed E-state index contributed by atoms with van der Waals surface area (Å²) < 4.78 is 5.00. The lowest BCUT2D eigenvalue weighted by Gasteiger charge is -2.33. The SMILES string of the molecule is COCCCNC(=O)C1CN(C(=O)c2cccs2)Cc2cccnc21. The highest BCUT2D eigenvalue weighted by Gasteiger charge is 2.34. The van der Waals surface area contributed by atoms with Crippen LogP contribution in [0, 0.1) is 0 Å². The predicted molar refractivity (Wildman–Crippen MR) is 95.5 cm³/mol. The highest BCUT2D eigenvalue weighted by Crippen LogP contribution is 2.28. The van der Waals surface area contributed by atoms with Crippen LogP contribution in [-0.4, -0.2) is 48.5 Å². The van der Waals surface area contributed by atoms with Crippen molar-refractivity contribution in [2.75, 3.05) is 26.8 Å². The Morgan fingerprint density at radius 1 is 1.40 bits per heavy atom. The van der Waals surface area contributed by atoms with E-state index in [-0.39, 0.29) is 11.8 Å². The van der Waals surface area contributed by atoms with E-state index in [1.807, 2.05) is 29.6 Å². The summed E-state index contributed by atoms with van der Waals surface area (Å²) in [5, 5.41) is 4.81. The van der Waals surface area contributed by atoms with Gasteiger partial charge in [0.05, 0.1) is 16.5 Å². The van der Waals surface area contributed by atoms with E-state index in [9.17, 15) is 9.59 Å². The largest absolute Gasteiger partial charge is 0.385 e. The second-order valence-corrected chi connectivity index (χ2v) is 6.85. The van der Waals surface area contributed by atoms with Crippen molar-refractivity contribution in [1.29, 1.82) is 0 Å². The Bertz CT molecular complexity index is 733. The number of methoxy groups -OCH3 is 1. The van der Waals surface area contributed by atoms with Crippen molar-refractivity contribution in [3.8, 4) is 0 Å². The lowest BCUT2D eigenvalue weighted by atomic mass is 9.93. The topological polar surface area (TPSA) is 71.5 Å². The van der Waals surface area contributed by atoms with Gasteiger partial charge in [0.1, 0.15) is 0 Å². The quantitative estimate of drug-likeness (QED) is 0.801. The number of hydrogen-bond donors (Lipinski definition) is 1. The van der Waals surface area contributed by atoms with Crippen LogP contribution in [-0.2, 0) is 16.1 Å². The summed E-state index contributed by atoms with van der Waals surface area (Å²) in [4.78, 5) is 32.2. The van der Waals surface area contributed by atoms with Gasteiger partial charge in [-0.1, -0.05) is 12.1 Å². The van der Waals surface area contributed by atoms with Gasteiger partial charge in [-0.3, -0.25) is 14.6 Å². The molecule has 7 heteroatoms. The maximum absolute atomic E-state index is 12.7. The Labute approximate surface area is 150 Å². The molecule has 0 aromatic carbocycles. The highest BCUT2D eigenvalue weighted by molar-refractivity contribution is 7.12. The molecule has 3 heterocycles. The normalized spacial score (nSPS) is 16.4. The molecule has 2 aromatic heterocycles. The van der Waals surface area contributed by atoms with Crippen molar-refractivity contribution < 1.29 is 14.3 Å². The molecule has 132 valence electrons. The predicted octanol–water partition coefficient (Wildman–Crippen LogP) is 2.04. The molecule has 0 bridgehead atoms. The summed E-state index contributed by atoms with van der Waals surface area (Å²) in [5.41, 5.74) is 1.69. The monoisotopic (exact) mass is 359 g/mol. The van der Waals surface area contributed by atoms with Crippen LogP contribution >= 0.6 is 11.3 Å². The molecule has 0 fully saturated rings. The van der Waals surface area contributed by atoms with Crippen LogP contribution in [0.1, 0.15) is 33.3 Å². The lowest BCUT2D eigenvalue weighted by molar-refractivity contribution is -0.123. The van der Waals surface area contributed by atoms with Crippen molar-refractivity contribution in [1.82, 2.24) is 15.2 Å². The van der Waals surface area contributed by atoms with E-state index in [1.54, 1.807) is 18.2 Å². The molecule has 0 radical (unpaired) electrons. The molecule has 1 N–H and O–H groups in total. The third-order valence-electron chi connectivity index (χ3n) is 4.18. The van der Waals surface area contributed by atoms with Crippen molar-refractivity contribution in [3.05, 3.63) is 52.0 Å². The van der Waals surface area contributed by atoms with Crippen molar-refractivity contribution in [2.45, 2.75) is 18.9 Å². The number of rotatable bonds is 6. The van der Waals surface area contributed by atoms with Crippen molar-refractivity contribution in [2.24, 2.45) is 0 Å². The highest BCUT2D eigenvalue weighted by atomic mass is 32.1. The van der Waals surface area contributed by atoms with E-state index in [4.69, 9.17) is 4.74 Å². The fraction of sp³-hybridized carbons (Fsp3) is 0.389. The van der Waals surface area contributed by atoms with Crippen LogP contribution in [0.4, 0.5) is 0 Å². The first kappa shape index (κ1) is 17.6. The zero-order valence-electron chi connectivity index (χ0n) is 14.1. The Morgan fingerprint density at radius 3 is 3.04 bits per heavy atom. The van der Waals surface area contributed by atoms with Gasteiger partial charge in [-0.2, -0.15) is 0 Å². The zero-order chi connectivity index (χ0) is 17.6. The molecule has 1 aliphatic heterocycles. The minimum atomic E-state index is -0.448. The van der Waals surface area contributed by atoms with E-state index < -0.39 is 5.92 Å². The van der Waals surface area contributed by atoms with E-state index in [0.29, 0.717) is 31.1 Å². The number of fused-ring (bicyclic) bond motifs is 1. The molecule has 25 heavy (non-hydrogen) atoms. The summed E-state index contributed by atoms with van der Waals surface area (Å²) in [6.45, 7) is 1.97. The number of aromatic nitrogens is 1. The molecule has 0 spiro atoms. The standard InChI is InChI=1S/C18H21N3O3S/c1-24-9-4-8-20-17(22)14-12-21(18(23)15-6-3-10-25-15)11-13-5-2-7-19-16(13)14/h2-3,5-7,10,14H,4,8-9,11-12H2,1H3,(H,20,22). The van der Waals surface area contributed by atoms with Gasteiger partial charge in [-0.05, 0) is 29.5 Å². The first-order valence-electron chi connectivity index (χ1n) is 8.24. The van der Waals surface area contributed by atoms with Gasteiger partial charge >= 0.3 is 0 Å². The number of ether oxygens (including phenoxy) is 1. The molecule has 2 aromatic rings. The van der Waals surface area contributed by atoms with E-state index in [0.717, 1.165) is 17.7 Å². The Morgan fingerprint density at radius 2 is 2.28 bits per heavy atom. The third-order valence-corrected chi connectivity index (χ3v) is 5.04. The summed E-state index contributed by atoms with van der Waals surface area (Å²) in [5.74, 6) is -0.585. The Hall–Kier alpha value is -2.25. The Balaban J connectivity index is 1.76. The van der Waals surface area contributed by atoms with Crippen LogP contribution < -0.4 is 5.32 Å². The molecule has 0 aliphatic carbocycles. The van der Waals surface area contributed by atoms with Crippen LogP contribution in [0.2, 0.25) is 0 Å². The van der Waals surface area contributed by atoms with Crippen LogP contribution in [0.25, 0.3) is 0 Å². The number of nitrogens with one attached hydrogen (secondary N) is 1. The van der Waals surface area contributed by atoms with Crippen LogP contribution in [0.15, 0.2) is 35.8 Å². The van der Waals surface area contributed by atoms with E-state index >= 15 is 0 Å². The number of carbonyl (C=O) groups is 2. The summed E-state index contributed by atoms with van der Waals surface area (Å²) in [6, 6.07) is 7.44. The van der Waals surface area contributed by atoms with E-state index in [2.05, 4.69) is 10.3 Å². The Kier molecular flexibility index (Phi) is 5.78. The molecule has 1 aliphatic rings. The van der Waals surface area contributed by atoms with Gasteiger partial charge in [-0.25, -0.2) is 0 Å². The van der Waals surface area contributed by atoms with Gasteiger partial charge in [0.2, 0.25) is 5.91 Å². The van der Waals surface area contributed by atoms with Crippen LogP contribution in [0.3, 0.4) is 0 Å². The van der Waals surface area contributed by atoms with Gasteiger partial charge < -0.3 is 15.0 Å². The number of carbonyl (C=O) groups excluding carboxylic acids is 2. The minimum Gasteiger partial charge on any atom is -0.385 e. The van der Waals surface area contributed by atoms with Crippen molar-refractivity contribution >= 4 is 23.2 Å². The molecule has 0 saturated carbocycles. The van der Waals surface area contributed by atoms with Gasteiger partial charge in [0, 0.05) is 39.5 Å². The average molecular weight is 359 g/mol. The molecule has 0 saturated heterocycles. The zero-order valence-corrected chi connectivity index (χ0v) is 14.9. The molecular weight excluding hydrogens is 338 g/mol. The summed E-state index contributed by atoms with van der Waals surface area (Å²) >= 11 is 1.41. The molecule has 3 rings (SSSR count). The maximum atomic E-state index is 12.7. The fourth-order valence-electron chi connectivity index (χ4n) is 2.94. The number of amides is 2. The average Bonchev–Trinajstić information content (AvgIpc) is 3.18. The van der Waals surface area contributed by atoms with Gasteiger partial charge in [-0.15, -0.1) is 11.3 Å².